The summed E-state index contributed by atoms with van der Waals surface area (Å²) in [6.07, 6.45) is 0.390. The van der Waals surface area contributed by atoms with Gasteiger partial charge in [-0.15, -0.1) is 0 Å². The lowest BCUT2D eigenvalue weighted by atomic mass is 10.1. The highest BCUT2D eigenvalue weighted by molar-refractivity contribution is 8.05. The maximum atomic E-state index is 12.4. The van der Waals surface area contributed by atoms with Crippen molar-refractivity contribution in [2.45, 2.75) is 18.2 Å². The van der Waals surface area contributed by atoms with Crippen LogP contribution in [0.3, 0.4) is 0 Å². The molecule has 1 fully saturated rings. The molecule has 146 valence electrons. The van der Waals surface area contributed by atoms with Crippen LogP contribution in [0.15, 0.2) is 34.7 Å². The molecule has 0 spiro atoms. The lowest BCUT2D eigenvalue weighted by molar-refractivity contribution is -0.120. The minimum atomic E-state index is -1.18. The topological polar surface area (TPSA) is 96.7 Å². The summed E-state index contributed by atoms with van der Waals surface area (Å²) in [5, 5.41) is 6.06. The molecule has 1 atom stereocenters. The number of carbonyl (C=O) groups excluding carboxylic acids is 2. The number of ether oxygens (including phenoxy) is 1. The van der Waals surface area contributed by atoms with E-state index in [1.165, 1.54) is 11.8 Å². The summed E-state index contributed by atoms with van der Waals surface area (Å²) < 4.78 is 5.37. The second kappa shape index (κ2) is 8.52. The highest BCUT2D eigenvalue weighted by Gasteiger charge is 2.45. The van der Waals surface area contributed by atoms with Crippen molar-refractivity contribution in [2.24, 2.45) is 5.73 Å². The Morgan fingerprint density at radius 1 is 1.30 bits per heavy atom. The molecule has 2 aliphatic rings. The van der Waals surface area contributed by atoms with Crippen molar-refractivity contribution in [3.63, 3.8) is 0 Å². The summed E-state index contributed by atoms with van der Waals surface area (Å²) in [5.74, 6) is -0.560. The molecule has 3 amide bonds. The predicted molar refractivity (Wildman–Crippen MR) is 108 cm³/mol. The summed E-state index contributed by atoms with van der Waals surface area (Å²) in [6, 6.07) is 6.25. The van der Waals surface area contributed by atoms with Crippen molar-refractivity contribution < 1.29 is 14.3 Å². The molecule has 4 N–H and O–H groups in total. The zero-order chi connectivity index (χ0) is 19.4. The Labute approximate surface area is 167 Å². The van der Waals surface area contributed by atoms with E-state index in [9.17, 15) is 9.59 Å². The van der Waals surface area contributed by atoms with Crippen LogP contribution in [0.5, 0.6) is 0 Å². The van der Waals surface area contributed by atoms with Crippen molar-refractivity contribution in [3.8, 4) is 0 Å². The molecular formula is C18H23ClN4O3S. The number of amides is 3. The Hall–Kier alpha value is -1.74. The van der Waals surface area contributed by atoms with Gasteiger partial charge in [-0.05, 0) is 31.2 Å². The number of halogens is 1. The van der Waals surface area contributed by atoms with Gasteiger partial charge in [-0.3, -0.25) is 9.69 Å². The maximum absolute atomic E-state index is 12.4. The van der Waals surface area contributed by atoms with E-state index in [1.807, 2.05) is 6.92 Å². The van der Waals surface area contributed by atoms with Crippen molar-refractivity contribution >= 4 is 41.0 Å². The molecule has 0 saturated carbocycles. The number of carbonyl (C=O) groups is 2. The van der Waals surface area contributed by atoms with Gasteiger partial charge in [0.05, 0.1) is 13.2 Å². The van der Waals surface area contributed by atoms with E-state index in [-0.39, 0.29) is 0 Å². The Morgan fingerprint density at radius 2 is 1.96 bits per heavy atom. The first-order valence-corrected chi connectivity index (χ1v) is 9.90. The fraction of sp³-hybridized carbons (Fsp3) is 0.444. The first-order valence-electron chi connectivity index (χ1n) is 8.70. The lowest BCUT2D eigenvalue weighted by Crippen LogP contribution is -2.55. The van der Waals surface area contributed by atoms with Crippen LogP contribution in [0, 0.1) is 0 Å². The fourth-order valence-corrected chi connectivity index (χ4v) is 4.66. The molecule has 2 heterocycles. The average molecular weight is 411 g/mol. The number of primary amides is 1. The minimum Gasteiger partial charge on any atom is -0.379 e. The molecule has 3 rings (SSSR count). The molecule has 27 heavy (non-hydrogen) atoms. The summed E-state index contributed by atoms with van der Waals surface area (Å²) in [4.78, 5) is 26.8. The van der Waals surface area contributed by atoms with E-state index in [2.05, 4.69) is 15.5 Å². The lowest BCUT2D eigenvalue weighted by Gasteiger charge is -2.29. The number of rotatable bonds is 5. The standard InChI is InChI=1S/C18H23ClN4O3S/c1-12-10-18(16(20)24,27-15(12)11-23-6-8-26-9-7-23)22-17(25)21-14-4-2-13(19)3-5-14/h2-5H,6-11H2,1H3,(H2,20,24)(H2,21,22,25). The Bertz CT molecular complexity index is 749. The van der Waals surface area contributed by atoms with Crippen LogP contribution in [0.2, 0.25) is 5.02 Å². The highest BCUT2D eigenvalue weighted by Crippen LogP contribution is 2.44. The summed E-state index contributed by atoms with van der Waals surface area (Å²) >= 11 is 7.19. The number of thioether (sulfide) groups is 1. The van der Waals surface area contributed by atoms with Gasteiger partial charge < -0.3 is 21.1 Å². The van der Waals surface area contributed by atoms with Crippen LogP contribution < -0.4 is 16.4 Å². The van der Waals surface area contributed by atoms with Gasteiger partial charge in [-0.2, -0.15) is 0 Å². The number of benzene rings is 1. The largest absolute Gasteiger partial charge is 0.379 e. The second-order valence-electron chi connectivity index (χ2n) is 6.65. The normalized spacial score (nSPS) is 23.3. The smallest absolute Gasteiger partial charge is 0.320 e. The number of nitrogens with two attached hydrogens (primary N) is 1. The van der Waals surface area contributed by atoms with Gasteiger partial charge in [-0.25, -0.2) is 4.79 Å². The molecule has 1 unspecified atom stereocenters. The maximum Gasteiger partial charge on any atom is 0.320 e. The number of morpholine rings is 1. The van der Waals surface area contributed by atoms with Crippen LogP contribution >= 0.6 is 23.4 Å². The van der Waals surface area contributed by atoms with Gasteiger partial charge in [0, 0.05) is 41.7 Å². The van der Waals surface area contributed by atoms with E-state index in [1.54, 1.807) is 24.3 Å². The third-order valence-electron chi connectivity index (χ3n) is 4.57. The molecule has 0 bridgehead atoms. The minimum absolute atomic E-state index is 0.390. The van der Waals surface area contributed by atoms with E-state index in [0.717, 1.165) is 30.1 Å². The Morgan fingerprint density at radius 3 is 2.59 bits per heavy atom. The van der Waals surface area contributed by atoms with Gasteiger partial charge in [0.25, 0.3) is 5.91 Å². The molecule has 2 aliphatic heterocycles. The summed E-state index contributed by atoms with van der Waals surface area (Å²) in [5.41, 5.74) is 7.32. The molecule has 0 aliphatic carbocycles. The molecule has 9 heteroatoms. The second-order valence-corrected chi connectivity index (χ2v) is 8.48. The SMILES string of the molecule is CC1=C(CN2CCOCC2)SC(NC(=O)Nc2ccc(Cl)cc2)(C(N)=O)C1. The van der Waals surface area contributed by atoms with Crippen molar-refractivity contribution in [1.29, 1.82) is 0 Å². The van der Waals surface area contributed by atoms with E-state index in [4.69, 9.17) is 22.1 Å². The first-order chi connectivity index (χ1) is 12.9. The molecular weight excluding hydrogens is 388 g/mol. The van der Waals surface area contributed by atoms with Crippen molar-refractivity contribution in [3.05, 3.63) is 39.8 Å². The summed E-state index contributed by atoms with van der Waals surface area (Å²) in [7, 11) is 0. The zero-order valence-electron chi connectivity index (χ0n) is 15.1. The Kier molecular flexibility index (Phi) is 6.31. The van der Waals surface area contributed by atoms with Crippen LogP contribution in [0.25, 0.3) is 0 Å². The molecule has 7 nitrogen and oxygen atoms in total. The van der Waals surface area contributed by atoms with Gasteiger partial charge in [0.15, 0.2) is 4.87 Å². The van der Waals surface area contributed by atoms with Gasteiger partial charge in [-0.1, -0.05) is 28.9 Å². The number of anilines is 1. The zero-order valence-corrected chi connectivity index (χ0v) is 16.7. The van der Waals surface area contributed by atoms with Gasteiger partial charge >= 0.3 is 6.03 Å². The molecule has 1 saturated heterocycles. The quantitative estimate of drug-likeness (QED) is 0.692. The van der Waals surface area contributed by atoms with Crippen LogP contribution in [0.4, 0.5) is 10.5 Å². The number of nitrogens with one attached hydrogen (secondary N) is 2. The predicted octanol–water partition coefficient (Wildman–Crippen LogP) is 2.39. The molecule has 1 aromatic carbocycles. The molecule has 1 aromatic rings. The number of urea groups is 1. The Balaban J connectivity index is 1.65. The van der Waals surface area contributed by atoms with Crippen molar-refractivity contribution in [2.75, 3.05) is 38.2 Å². The number of hydrogen-bond acceptors (Lipinski definition) is 5. The third kappa shape index (κ3) is 4.95. The average Bonchev–Trinajstić information content (AvgIpc) is 2.94. The van der Waals surface area contributed by atoms with Crippen molar-refractivity contribution in [1.82, 2.24) is 10.2 Å². The summed E-state index contributed by atoms with van der Waals surface area (Å²) in [6.45, 7) is 5.83. The molecule has 0 radical (unpaired) electrons. The molecule has 0 aromatic heterocycles. The monoisotopic (exact) mass is 410 g/mol. The van der Waals surface area contributed by atoms with Crippen LogP contribution in [-0.2, 0) is 9.53 Å². The van der Waals surface area contributed by atoms with Gasteiger partial charge in [0.2, 0.25) is 0 Å². The van der Waals surface area contributed by atoms with E-state index in [0.29, 0.717) is 30.3 Å². The first kappa shape index (κ1) is 20.0. The number of nitrogens with zero attached hydrogens (tertiary/aromatic N) is 1. The fourth-order valence-electron chi connectivity index (χ4n) is 3.08. The van der Waals surface area contributed by atoms with E-state index < -0.39 is 16.8 Å². The van der Waals surface area contributed by atoms with Gasteiger partial charge in [0.1, 0.15) is 0 Å². The van der Waals surface area contributed by atoms with E-state index >= 15 is 0 Å². The number of hydrogen-bond donors (Lipinski definition) is 3. The van der Waals surface area contributed by atoms with Crippen LogP contribution in [0.1, 0.15) is 13.3 Å². The van der Waals surface area contributed by atoms with Crippen LogP contribution in [-0.4, -0.2) is 54.6 Å². The third-order valence-corrected chi connectivity index (χ3v) is 6.35. The highest BCUT2D eigenvalue weighted by atomic mass is 35.5.